The molecule has 0 saturated carbocycles. The maximum atomic E-state index is 12.1. The number of nitrogens with one attached hydrogen (secondary N) is 1. The van der Waals surface area contributed by atoms with Crippen LogP contribution in [0.5, 0.6) is 0 Å². The number of pyridine rings is 1. The van der Waals surface area contributed by atoms with Gasteiger partial charge in [-0.25, -0.2) is 4.98 Å². The van der Waals surface area contributed by atoms with Crippen LogP contribution in [0, 0.1) is 0 Å². The smallest absolute Gasteiger partial charge is 0.418 e. The molecule has 2 rings (SSSR count). The lowest BCUT2D eigenvalue weighted by atomic mass is 10.1. The molecule has 0 bridgehead atoms. The number of H-pyrrole nitrogens is 1. The minimum atomic E-state index is -4.48. The van der Waals surface area contributed by atoms with Gasteiger partial charge in [-0.15, -0.1) is 0 Å². The first-order valence-corrected chi connectivity index (χ1v) is 7.86. The second-order valence-electron chi connectivity index (χ2n) is 5.04. The van der Waals surface area contributed by atoms with Gasteiger partial charge in [0.15, 0.2) is 12.0 Å². The molecule has 0 atom stereocenters. The molecule has 2 aromatic rings. The van der Waals surface area contributed by atoms with E-state index in [0.717, 1.165) is 16.6 Å². The number of nitrogens with zero attached hydrogens (tertiary/aromatic N) is 2. The van der Waals surface area contributed by atoms with E-state index in [2.05, 4.69) is 32.3 Å². The summed E-state index contributed by atoms with van der Waals surface area (Å²) < 4.78 is 40.9. The molecular formula is C17H16F3N3OS. The Morgan fingerprint density at radius 3 is 2.72 bits per heavy atom. The van der Waals surface area contributed by atoms with Crippen LogP contribution in [0.1, 0.15) is 23.9 Å². The van der Waals surface area contributed by atoms with Crippen molar-refractivity contribution in [2.45, 2.75) is 12.4 Å². The van der Waals surface area contributed by atoms with Crippen LogP contribution < -0.4 is 0 Å². The molecule has 132 valence electrons. The monoisotopic (exact) mass is 367 g/mol. The summed E-state index contributed by atoms with van der Waals surface area (Å²) in [6.07, 6.45) is 4.79. The molecule has 25 heavy (non-hydrogen) atoms. The Balaban J connectivity index is 2.30. The van der Waals surface area contributed by atoms with Gasteiger partial charge in [0.05, 0.1) is 5.69 Å². The van der Waals surface area contributed by atoms with Gasteiger partial charge in [0.2, 0.25) is 0 Å². The molecular weight excluding hydrogens is 351 g/mol. The molecule has 1 N–H and O–H groups in total. The van der Waals surface area contributed by atoms with E-state index in [9.17, 15) is 13.2 Å². The summed E-state index contributed by atoms with van der Waals surface area (Å²) in [5.74, 6) is -0.112. The maximum Gasteiger partial charge on any atom is 0.479 e. The number of aromatic amines is 1. The van der Waals surface area contributed by atoms with Gasteiger partial charge in [0.1, 0.15) is 11.4 Å². The lowest BCUT2D eigenvalue weighted by Gasteiger charge is -2.07. The molecule has 2 heterocycles. The lowest BCUT2D eigenvalue weighted by Crippen LogP contribution is -2.00. The van der Waals surface area contributed by atoms with Gasteiger partial charge in [-0.2, -0.15) is 13.2 Å². The van der Waals surface area contributed by atoms with Crippen LogP contribution in [-0.4, -0.2) is 28.7 Å². The first-order valence-electron chi connectivity index (χ1n) is 7.12. The summed E-state index contributed by atoms with van der Waals surface area (Å²) in [6, 6.07) is 3.63. The van der Waals surface area contributed by atoms with Crippen molar-refractivity contribution in [3.63, 3.8) is 0 Å². The summed E-state index contributed by atoms with van der Waals surface area (Å²) in [4.78, 5) is 11.6. The number of allylic oxidation sites excluding steroid dienone is 2. The number of rotatable bonds is 6. The number of aromatic nitrogens is 2. The van der Waals surface area contributed by atoms with Crippen LogP contribution in [0.2, 0.25) is 0 Å². The third kappa shape index (κ3) is 4.76. The molecule has 0 aliphatic heterocycles. The van der Waals surface area contributed by atoms with Crippen molar-refractivity contribution in [2.24, 2.45) is 4.99 Å². The van der Waals surface area contributed by atoms with Crippen LogP contribution in [0.15, 0.2) is 42.1 Å². The normalized spacial score (nSPS) is 12.8. The van der Waals surface area contributed by atoms with Gasteiger partial charge in [-0.1, -0.05) is 13.2 Å². The van der Waals surface area contributed by atoms with Crippen LogP contribution in [-0.2, 0) is 4.18 Å². The molecule has 2 aromatic heterocycles. The highest BCUT2D eigenvalue weighted by molar-refractivity contribution is 7.95. The Hall–Kier alpha value is -2.48. The van der Waals surface area contributed by atoms with Crippen molar-refractivity contribution < 1.29 is 17.4 Å². The van der Waals surface area contributed by atoms with E-state index in [4.69, 9.17) is 0 Å². The molecule has 4 nitrogen and oxygen atoms in total. The fourth-order valence-corrected chi connectivity index (χ4v) is 2.45. The van der Waals surface area contributed by atoms with E-state index >= 15 is 0 Å². The average molecular weight is 367 g/mol. The van der Waals surface area contributed by atoms with E-state index in [1.54, 1.807) is 32.3 Å². The SMILES string of the molecule is C=Cc1[nH]c2nc(/C(C)=C/C(=C)OSC(F)(F)F)ccc2c1C=NC. The Morgan fingerprint density at radius 1 is 1.40 bits per heavy atom. The highest BCUT2D eigenvalue weighted by Crippen LogP contribution is 2.33. The zero-order valence-electron chi connectivity index (χ0n) is 13.6. The summed E-state index contributed by atoms with van der Waals surface area (Å²) in [5, 5.41) is 0.875. The van der Waals surface area contributed by atoms with Gasteiger partial charge < -0.3 is 9.17 Å². The van der Waals surface area contributed by atoms with Gasteiger partial charge >= 0.3 is 5.51 Å². The Morgan fingerprint density at radius 2 is 2.12 bits per heavy atom. The third-order valence-electron chi connectivity index (χ3n) is 3.22. The Bertz CT molecular complexity index is 866. The highest BCUT2D eigenvalue weighted by Gasteiger charge is 2.31. The number of alkyl halides is 3. The Kier molecular flexibility index (Phi) is 5.73. The van der Waals surface area contributed by atoms with E-state index in [0.29, 0.717) is 16.9 Å². The molecule has 0 aliphatic rings. The highest BCUT2D eigenvalue weighted by atomic mass is 32.2. The van der Waals surface area contributed by atoms with E-state index in [1.807, 2.05) is 6.07 Å². The van der Waals surface area contributed by atoms with Gasteiger partial charge in [0, 0.05) is 29.9 Å². The second-order valence-corrected chi connectivity index (χ2v) is 5.84. The zero-order chi connectivity index (χ0) is 18.6. The lowest BCUT2D eigenvalue weighted by molar-refractivity contribution is -0.0382. The van der Waals surface area contributed by atoms with Crippen LogP contribution in [0.4, 0.5) is 13.2 Å². The second kappa shape index (κ2) is 7.60. The average Bonchev–Trinajstić information content (AvgIpc) is 2.90. The minimum absolute atomic E-state index is 0.112. The predicted octanol–water partition coefficient (Wildman–Crippen LogP) is 5.36. The van der Waals surface area contributed by atoms with E-state index < -0.39 is 17.6 Å². The molecule has 0 radical (unpaired) electrons. The fourth-order valence-electron chi connectivity index (χ4n) is 2.20. The van der Waals surface area contributed by atoms with Crippen LogP contribution in [0.3, 0.4) is 0 Å². The molecule has 0 aromatic carbocycles. The zero-order valence-corrected chi connectivity index (χ0v) is 14.5. The largest absolute Gasteiger partial charge is 0.479 e. The van der Waals surface area contributed by atoms with Crippen molar-refractivity contribution in [2.75, 3.05) is 7.05 Å². The Labute approximate surface area is 147 Å². The molecule has 0 aliphatic carbocycles. The first-order chi connectivity index (χ1) is 11.7. The number of hydrogen-bond donors (Lipinski definition) is 1. The third-order valence-corrected chi connectivity index (χ3v) is 3.70. The van der Waals surface area contributed by atoms with Crippen LogP contribution in [0.25, 0.3) is 22.7 Å². The summed E-state index contributed by atoms with van der Waals surface area (Å²) in [5.41, 5.74) is -0.971. The van der Waals surface area contributed by atoms with Crippen molar-refractivity contribution in [3.8, 4) is 0 Å². The molecule has 0 unspecified atom stereocenters. The number of hydrogen-bond acceptors (Lipinski definition) is 4. The van der Waals surface area contributed by atoms with Gasteiger partial charge in [0.25, 0.3) is 0 Å². The standard InChI is InChI=1S/C17H16F3N3OS/c1-5-14-13(9-21-4)12-6-7-15(23-16(12)22-14)10(2)8-11(3)24-25-17(18,19)20/h5-9H,1,3H2,2,4H3,(H,22,23)/b10-8+,21-9?. The molecule has 0 fully saturated rings. The number of aliphatic imine (C=N–C) groups is 1. The van der Waals surface area contributed by atoms with Crippen molar-refractivity contribution in [1.29, 1.82) is 0 Å². The maximum absolute atomic E-state index is 12.1. The van der Waals surface area contributed by atoms with Crippen LogP contribution >= 0.6 is 12.0 Å². The van der Waals surface area contributed by atoms with Gasteiger partial charge in [-0.3, -0.25) is 4.99 Å². The minimum Gasteiger partial charge on any atom is -0.418 e. The van der Waals surface area contributed by atoms with E-state index in [-0.39, 0.29) is 5.76 Å². The fraction of sp³-hybridized carbons (Fsp3) is 0.176. The predicted molar refractivity (Wildman–Crippen MR) is 97.2 cm³/mol. The summed E-state index contributed by atoms with van der Waals surface area (Å²) in [6.45, 7) is 8.92. The molecule has 0 amide bonds. The quantitative estimate of drug-likeness (QED) is 0.324. The first kappa shape index (κ1) is 18.9. The molecule has 0 spiro atoms. The van der Waals surface area contributed by atoms with Gasteiger partial charge in [-0.05, 0) is 36.8 Å². The van der Waals surface area contributed by atoms with Crippen molar-refractivity contribution >= 4 is 40.9 Å². The van der Waals surface area contributed by atoms with Crippen molar-refractivity contribution in [3.05, 3.63) is 54.1 Å². The topological polar surface area (TPSA) is 50.3 Å². The number of halogens is 3. The summed E-state index contributed by atoms with van der Waals surface area (Å²) >= 11 is -0.601. The van der Waals surface area contributed by atoms with Crippen molar-refractivity contribution in [1.82, 2.24) is 9.97 Å². The molecule has 8 heteroatoms. The number of fused-ring (bicyclic) bond motifs is 1. The van der Waals surface area contributed by atoms with E-state index in [1.165, 1.54) is 6.08 Å². The molecule has 0 saturated heterocycles. The summed E-state index contributed by atoms with van der Waals surface area (Å²) in [7, 11) is 1.67.